The number of aliphatic carboxylic acids is 1. The highest BCUT2D eigenvalue weighted by atomic mass is 16.4. The molecular weight excluding hydrogens is 120 g/mol. The second kappa shape index (κ2) is 3.64. The fraction of sp³-hybridized carbons (Fsp3) is 0.167. The van der Waals surface area contributed by atoms with E-state index in [-0.39, 0.29) is 12.0 Å². The Hall–Kier alpha value is -1.34. The summed E-state index contributed by atoms with van der Waals surface area (Å²) in [5.41, 5.74) is -0.00153. The lowest BCUT2D eigenvalue weighted by Crippen LogP contribution is -1.96. The van der Waals surface area contributed by atoms with Gasteiger partial charge in [0.05, 0.1) is 0 Å². The minimum absolute atomic E-state index is 0.00153. The summed E-state index contributed by atoms with van der Waals surface area (Å²) in [6.07, 6.45) is 1.15. The van der Waals surface area contributed by atoms with Gasteiger partial charge in [-0.1, -0.05) is 6.58 Å². The maximum atomic E-state index is 9.96. The molecule has 0 heterocycles. The Morgan fingerprint density at radius 2 is 2.33 bits per heavy atom. The van der Waals surface area contributed by atoms with Crippen LogP contribution < -0.4 is 0 Å². The molecule has 0 aliphatic carbocycles. The first kappa shape index (κ1) is 7.66. The minimum Gasteiger partial charge on any atom is -0.478 e. The van der Waals surface area contributed by atoms with Crippen LogP contribution in [0.15, 0.2) is 18.2 Å². The first-order valence-corrected chi connectivity index (χ1v) is 2.29. The molecule has 0 saturated heterocycles. The van der Waals surface area contributed by atoms with Gasteiger partial charge in [0.25, 0.3) is 0 Å². The van der Waals surface area contributed by atoms with Crippen LogP contribution in [0, 0.1) is 0 Å². The second-order valence-electron chi connectivity index (χ2n) is 1.43. The van der Waals surface area contributed by atoms with E-state index in [1.807, 2.05) is 0 Å². The number of carboxylic acids is 1. The van der Waals surface area contributed by atoms with Gasteiger partial charge in [-0.25, -0.2) is 9.59 Å². The number of carbonyl (C=O) groups excluding carboxylic acids is 1. The second-order valence-corrected chi connectivity index (χ2v) is 1.43. The van der Waals surface area contributed by atoms with Crippen LogP contribution in [0.3, 0.4) is 0 Å². The molecule has 0 fully saturated rings. The van der Waals surface area contributed by atoms with Gasteiger partial charge in [0.2, 0.25) is 0 Å². The van der Waals surface area contributed by atoms with Crippen LogP contribution in [-0.2, 0) is 9.59 Å². The van der Waals surface area contributed by atoms with E-state index in [2.05, 4.69) is 6.58 Å². The van der Waals surface area contributed by atoms with E-state index in [4.69, 9.17) is 5.11 Å². The van der Waals surface area contributed by atoms with Crippen LogP contribution in [0.5, 0.6) is 0 Å². The molecule has 0 aromatic carbocycles. The van der Waals surface area contributed by atoms with Crippen LogP contribution in [-0.4, -0.2) is 17.0 Å². The van der Waals surface area contributed by atoms with E-state index in [1.54, 1.807) is 0 Å². The standard InChI is InChI=1S/C6H6O3/c1-5(6(8)9)3-2-4-7/h2H,1,3H2,(H,8,9). The largest absolute Gasteiger partial charge is 0.478 e. The first-order valence-electron chi connectivity index (χ1n) is 2.29. The molecule has 1 N–H and O–H groups in total. The molecule has 9 heavy (non-hydrogen) atoms. The summed E-state index contributed by atoms with van der Waals surface area (Å²) >= 11 is 0. The Morgan fingerprint density at radius 3 is 2.67 bits per heavy atom. The third-order valence-electron chi connectivity index (χ3n) is 0.734. The third kappa shape index (κ3) is 3.26. The highest BCUT2D eigenvalue weighted by Gasteiger charge is 1.99. The molecule has 0 spiro atoms. The highest BCUT2D eigenvalue weighted by Crippen LogP contribution is 1.95. The van der Waals surface area contributed by atoms with E-state index >= 15 is 0 Å². The van der Waals surface area contributed by atoms with E-state index < -0.39 is 5.97 Å². The van der Waals surface area contributed by atoms with Crippen LogP contribution in [0.4, 0.5) is 0 Å². The Bertz CT molecular complexity index is 175. The summed E-state index contributed by atoms with van der Waals surface area (Å²) in [5, 5.41) is 8.16. The van der Waals surface area contributed by atoms with Crippen molar-refractivity contribution in [2.24, 2.45) is 0 Å². The lowest BCUT2D eigenvalue weighted by Gasteiger charge is -1.88. The fourth-order valence-corrected chi connectivity index (χ4v) is 0.252. The molecule has 3 heteroatoms. The average molecular weight is 126 g/mol. The summed E-state index contributed by atoms with van der Waals surface area (Å²) in [7, 11) is 0. The first-order chi connectivity index (χ1) is 4.18. The minimum atomic E-state index is -1.08. The third-order valence-corrected chi connectivity index (χ3v) is 0.734. The predicted octanol–water partition coefficient (Wildman–Crippen LogP) is 0.405. The summed E-state index contributed by atoms with van der Waals surface area (Å²) in [5.74, 6) is 0.372. The lowest BCUT2D eigenvalue weighted by molar-refractivity contribution is -0.132. The van der Waals surface area contributed by atoms with Crippen LogP contribution in [0.25, 0.3) is 0 Å². The zero-order valence-electron chi connectivity index (χ0n) is 4.76. The summed E-state index contributed by atoms with van der Waals surface area (Å²) in [6.45, 7) is 3.18. The monoisotopic (exact) mass is 126 g/mol. The molecule has 0 aliphatic rings. The Labute approximate surface area is 52.3 Å². The van der Waals surface area contributed by atoms with Gasteiger partial charge in [-0.2, -0.15) is 0 Å². The molecular formula is C6H6O3. The van der Waals surface area contributed by atoms with Crippen molar-refractivity contribution in [3.8, 4) is 0 Å². The Balaban J connectivity index is 3.78. The van der Waals surface area contributed by atoms with Crippen LogP contribution in [0.1, 0.15) is 6.42 Å². The number of allylic oxidation sites excluding steroid dienone is 1. The SMILES string of the molecule is C=C(CC=C=O)C(=O)O. The van der Waals surface area contributed by atoms with E-state index in [0.717, 1.165) is 6.08 Å². The molecule has 48 valence electrons. The van der Waals surface area contributed by atoms with Gasteiger partial charge in [0.1, 0.15) is 5.94 Å². The molecule has 0 atom stereocenters. The Kier molecular flexibility index (Phi) is 3.09. The summed E-state index contributed by atoms with van der Waals surface area (Å²) in [6, 6.07) is 0. The molecule has 0 radical (unpaired) electrons. The van der Waals surface area contributed by atoms with Gasteiger partial charge in [-0.15, -0.1) is 0 Å². The average Bonchev–Trinajstić information content (AvgIpc) is 1.82. The molecule has 3 nitrogen and oxygen atoms in total. The van der Waals surface area contributed by atoms with Crippen molar-refractivity contribution >= 4 is 11.9 Å². The highest BCUT2D eigenvalue weighted by molar-refractivity contribution is 5.86. The molecule has 0 unspecified atom stereocenters. The van der Waals surface area contributed by atoms with E-state index in [0.29, 0.717) is 0 Å². The van der Waals surface area contributed by atoms with Gasteiger partial charge in [-0.05, 0) is 0 Å². The predicted molar refractivity (Wildman–Crippen MR) is 31.7 cm³/mol. The number of carboxylic acid groups (broad SMARTS) is 1. The van der Waals surface area contributed by atoms with Crippen LogP contribution >= 0.6 is 0 Å². The van der Waals surface area contributed by atoms with Crippen molar-refractivity contribution < 1.29 is 14.7 Å². The molecule has 0 rings (SSSR count). The van der Waals surface area contributed by atoms with Crippen molar-refractivity contribution in [3.63, 3.8) is 0 Å². The van der Waals surface area contributed by atoms with E-state index in [9.17, 15) is 9.59 Å². The van der Waals surface area contributed by atoms with Gasteiger partial charge in [-0.3, -0.25) is 0 Å². The lowest BCUT2D eigenvalue weighted by atomic mass is 10.2. The van der Waals surface area contributed by atoms with Gasteiger partial charge in [0, 0.05) is 18.1 Å². The quantitative estimate of drug-likeness (QED) is 0.440. The van der Waals surface area contributed by atoms with Crippen LogP contribution in [0.2, 0.25) is 0 Å². The maximum Gasteiger partial charge on any atom is 0.331 e. The maximum absolute atomic E-state index is 9.96. The van der Waals surface area contributed by atoms with Crippen molar-refractivity contribution in [3.05, 3.63) is 18.2 Å². The van der Waals surface area contributed by atoms with Crippen molar-refractivity contribution in [2.45, 2.75) is 6.42 Å². The number of rotatable bonds is 3. The van der Waals surface area contributed by atoms with Crippen molar-refractivity contribution in [1.82, 2.24) is 0 Å². The zero-order valence-corrected chi connectivity index (χ0v) is 4.76. The zero-order chi connectivity index (χ0) is 7.28. The topological polar surface area (TPSA) is 54.4 Å². The molecule has 0 saturated carbocycles. The van der Waals surface area contributed by atoms with Crippen molar-refractivity contribution in [2.75, 3.05) is 0 Å². The van der Waals surface area contributed by atoms with Gasteiger partial charge in [0.15, 0.2) is 0 Å². The molecule has 0 amide bonds. The number of carbonyl (C=O) groups is 1. The molecule has 0 aliphatic heterocycles. The molecule has 0 aromatic rings. The Morgan fingerprint density at radius 1 is 1.78 bits per heavy atom. The summed E-state index contributed by atoms with van der Waals surface area (Å²) in [4.78, 5) is 19.5. The normalized spacial score (nSPS) is 7.56. The fourth-order valence-electron chi connectivity index (χ4n) is 0.252. The van der Waals surface area contributed by atoms with Gasteiger partial charge < -0.3 is 5.11 Å². The van der Waals surface area contributed by atoms with Crippen molar-refractivity contribution in [1.29, 1.82) is 0 Å². The molecule has 0 bridgehead atoms. The number of hydrogen-bond acceptors (Lipinski definition) is 2. The molecule has 0 aromatic heterocycles. The number of hydrogen-bond donors (Lipinski definition) is 1. The smallest absolute Gasteiger partial charge is 0.331 e. The summed E-state index contributed by atoms with van der Waals surface area (Å²) < 4.78 is 0. The van der Waals surface area contributed by atoms with Gasteiger partial charge >= 0.3 is 5.97 Å². The van der Waals surface area contributed by atoms with E-state index in [1.165, 1.54) is 5.94 Å².